The van der Waals surface area contributed by atoms with Crippen molar-refractivity contribution >= 4 is 11.9 Å². The van der Waals surface area contributed by atoms with E-state index >= 15 is 0 Å². The van der Waals surface area contributed by atoms with E-state index in [-0.39, 0.29) is 25.2 Å². The van der Waals surface area contributed by atoms with Crippen LogP contribution in [0.5, 0.6) is 0 Å². The van der Waals surface area contributed by atoms with Crippen LogP contribution < -0.4 is 0 Å². The van der Waals surface area contributed by atoms with Crippen LogP contribution in [0.2, 0.25) is 0 Å². The molecule has 0 bridgehead atoms. The van der Waals surface area contributed by atoms with Crippen molar-refractivity contribution < 1.29 is 24.2 Å². The SMILES string of the molecule is CCCCCCCC/C=C\CCCCCCCCCC(=O)OC(CO)COC(=O)CCCCCCCCCCCCCCCCCCCCCCCCCCCCCCCCCCC. The Labute approximate surface area is 401 Å². The summed E-state index contributed by atoms with van der Waals surface area (Å²) in [6.45, 7) is 4.19. The minimum atomic E-state index is -0.769. The molecule has 5 nitrogen and oxygen atoms in total. The van der Waals surface area contributed by atoms with Crippen LogP contribution in [0.1, 0.15) is 335 Å². The summed E-state index contributed by atoms with van der Waals surface area (Å²) in [5, 5.41) is 9.64. The molecule has 1 atom stereocenters. The van der Waals surface area contributed by atoms with Gasteiger partial charge < -0.3 is 14.6 Å². The molecule has 1 unspecified atom stereocenters. The third-order valence-corrected chi connectivity index (χ3v) is 13.6. The highest BCUT2D eigenvalue weighted by Gasteiger charge is 2.16. The Morgan fingerprint density at radius 3 is 0.844 bits per heavy atom. The number of esters is 2. The van der Waals surface area contributed by atoms with Gasteiger partial charge in [-0.1, -0.05) is 296 Å². The lowest BCUT2D eigenvalue weighted by molar-refractivity contribution is -0.161. The van der Waals surface area contributed by atoms with Crippen LogP contribution in [-0.4, -0.2) is 36.4 Å². The molecule has 0 rings (SSSR count). The summed E-state index contributed by atoms with van der Waals surface area (Å²) in [6.07, 6.45) is 69.2. The van der Waals surface area contributed by atoms with Crippen molar-refractivity contribution in [2.75, 3.05) is 13.2 Å². The molecule has 0 saturated heterocycles. The fraction of sp³-hybridized carbons (Fsp3) is 0.932. The Morgan fingerprint density at radius 1 is 0.344 bits per heavy atom. The van der Waals surface area contributed by atoms with Gasteiger partial charge in [-0.25, -0.2) is 0 Å². The maximum atomic E-state index is 12.3. The Bertz CT molecular complexity index is 932. The van der Waals surface area contributed by atoms with Gasteiger partial charge in [0.1, 0.15) is 6.61 Å². The minimum absolute atomic E-state index is 0.0606. The van der Waals surface area contributed by atoms with Crippen LogP contribution in [-0.2, 0) is 19.1 Å². The van der Waals surface area contributed by atoms with Gasteiger partial charge in [0, 0.05) is 12.8 Å². The maximum absolute atomic E-state index is 12.3. The van der Waals surface area contributed by atoms with Crippen LogP contribution in [0.25, 0.3) is 0 Å². The van der Waals surface area contributed by atoms with E-state index in [9.17, 15) is 14.7 Å². The second-order valence-corrected chi connectivity index (χ2v) is 20.1. The average molecular weight is 904 g/mol. The summed E-state index contributed by atoms with van der Waals surface area (Å²) in [7, 11) is 0. The second kappa shape index (κ2) is 56.0. The molecular formula is C59H114O5. The van der Waals surface area contributed by atoms with E-state index < -0.39 is 6.10 Å². The summed E-state index contributed by atoms with van der Waals surface area (Å²) in [6, 6.07) is 0. The molecule has 0 fully saturated rings. The van der Waals surface area contributed by atoms with E-state index in [1.165, 1.54) is 276 Å². The molecular weight excluding hydrogens is 789 g/mol. The number of hydrogen-bond donors (Lipinski definition) is 1. The van der Waals surface area contributed by atoms with Crippen molar-refractivity contribution in [3.63, 3.8) is 0 Å². The summed E-state index contributed by atoms with van der Waals surface area (Å²) < 4.78 is 10.7. The number of rotatable bonds is 55. The number of ether oxygens (including phenoxy) is 2. The zero-order valence-corrected chi connectivity index (χ0v) is 43.6. The molecule has 0 aliphatic carbocycles. The molecule has 0 aromatic heterocycles. The normalized spacial score (nSPS) is 12.1. The lowest BCUT2D eigenvalue weighted by Gasteiger charge is -2.15. The Balaban J connectivity index is 3.37. The van der Waals surface area contributed by atoms with Crippen molar-refractivity contribution in [1.82, 2.24) is 0 Å². The first-order valence-electron chi connectivity index (χ1n) is 29.2. The molecule has 0 aromatic carbocycles. The number of carbonyl (C=O) groups is 2. The maximum Gasteiger partial charge on any atom is 0.306 e. The van der Waals surface area contributed by atoms with Crippen molar-refractivity contribution in [2.24, 2.45) is 0 Å². The molecule has 0 spiro atoms. The predicted molar refractivity (Wildman–Crippen MR) is 279 cm³/mol. The standard InChI is InChI=1S/C59H114O5/c1-3-5-7-9-11-13-15-17-19-21-22-23-24-25-26-27-28-29-30-31-32-33-34-35-36-38-39-41-43-45-47-49-51-53-58(61)63-56-57(55-60)64-59(62)54-52-50-48-46-44-42-40-37-20-18-16-14-12-10-8-6-4-2/h18,20,57,60H,3-17,19,21-56H2,1-2H3/b20-18-. The molecule has 0 radical (unpaired) electrons. The van der Waals surface area contributed by atoms with Crippen LogP contribution in [0.15, 0.2) is 12.2 Å². The summed E-state index contributed by atoms with van der Waals surface area (Å²) in [5.74, 6) is -0.575. The van der Waals surface area contributed by atoms with E-state index in [4.69, 9.17) is 9.47 Å². The largest absolute Gasteiger partial charge is 0.462 e. The van der Waals surface area contributed by atoms with Crippen LogP contribution in [0.3, 0.4) is 0 Å². The first-order chi connectivity index (χ1) is 31.6. The number of unbranched alkanes of at least 4 members (excludes halogenated alkanes) is 45. The highest BCUT2D eigenvalue weighted by atomic mass is 16.6. The minimum Gasteiger partial charge on any atom is -0.462 e. The first-order valence-corrected chi connectivity index (χ1v) is 29.2. The third kappa shape index (κ3) is 53.3. The lowest BCUT2D eigenvalue weighted by atomic mass is 10.0. The molecule has 1 N–H and O–H groups in total. The molecule has 0 saturated carbocycles. The highest BCUT2D eigenvalue weighted by Crippen LogP contribution is 2.18. The Kier molecular flexibility index (Phi) is 54.8. The van der Waals surface area contributed by atoms with Crippen LogP contribution in [0.4, 0.5) is 0 Å². The molecule has 0 aromatic rings. The summed E-state index contributed by atoms with van der Waals surface area (Å²) in [4.78, 5) is 24.5. The predicted octanol–water partition coefficient (Wildman–Crippen LogP) is 19.5. The van der Waals surface area contributed by atoms with E-state index in [1.54, 1.807) is 0 Å². The van der Waals surface area contributed by atoms with Crippen LogP contribution >= 0.6 is 0 Å². The van der Waals surface area contributed by atoms with E-state index in [0.29, 0.717) is 12.8 Å². The smallest absolute Gasteiger partial charge is 0.306 e. The van der Waals surface area contributed by atoms with Gasteiger partial charge in [-0.3, -0.25) is 9.59 Å². The van der Waals surface area contributed by atoms with E-state index in [2.05, 4.69) is 26.0 Å². The number of hydrogen-bond acceptors (Lipinski definition) is 5. The fourth-order valence-electron chi connectivity index (χ4n) is 9.14. The lowest BCUT2D eigenvalue weighted by Crippen LogP contribution is -2.28. The highest BCUT2D eigenvalue weighted by molar-refractivity contribution is 5.70. The van der Waals surface area contributed by atoms with Gasteiger partial charge in [-0.2, -0.15) is 0 Å². The van der Waals surface area contributed by atoms with Gasteiger partial charge in [0.25, 0.3) is 0 Å². The van der Waals surface area contributed by atoms with Crippen molar-refractivity contribution in [3.8, 4) is 0 Å². The van der Waals surface area contributed by atoms with Crippen LogP contribution in [0, 0.1) is 0 Å². The molecule has 0 aliphatic heterocycles. The third-order valence-electron chi connectivity index (χ3n) is 13.6. The number of carbonyl (C=O) groups excluding carboxylic acids is 2. The number of aliphatic hydroxyl groups excluding tert-OH is 1. The molecule has 0 amide bonds. The number of aliphatic hydroxyl groups is 1. The van der Waals surface area contributed by atoms with Gasteiger partial charge in [-0.05, 0) is 38.5 Å². The quantitative estimate of drug-likeness (QED) is 0.0374. The van der Waals surface area contributed by atoms with Crippen molar-refractivity contribution in [1.29, 1.82) is 0 Å². The van der Waals surface area contributed by atoms with E-state index in [0.717, 1.165) is 32.1 Å². The molecule has 5 heteroatoms. The second-order valence-electron chi connectivity index (χ2n) is 20.1. The van der Waals surface area contributed by atoms with Gasteiger partial charge >= 0.3 is 11.9 Å². The topological polar surface area (TPSA) is 72.8 Å². The molecule has 380 valence electrons. The van der Waals surface area contributed by atoms with Gasteiger partial charge in [0.05, 0.1) is 6.61 Å². The molecule has 0 heterocycles. The van der Waals surface area contributed by atoms with Crippen molar-refractivity contribution in [2.45, 2.75) is 341 Å². The Morgan fingerprint density at radius 2 is 0.578 bits per heavy atom. The van der Waals surface area contributed by atoms with Gasteiger partial charge in [0.15, 0.2) is 6.10 Å². The number of allylic oxidation sites excluding steroid dienone is 2. The van der Waals surface area contributed by atoms with E-state index in [1.807, 2.05) is 0 Å². The first kappa shape index (κ1) is 62.6. The zero-order chi connectivity index (χ0) is 46.3. The average Bonchev–Trinajstić information content (AvgIpc) is 3.30. The summed E-state index contributed by atoms with van der Waals surface area (Å²) >= 11 is 0. The Hall–Kier alpha value is -1.36. The van der Waals surface area contributed by atoms with Gasteiger partial charge in [-0.15, -0.1) is 0 Å². The fourth-order valence-corrected chi connectivity index (χ4v) is 9.14. The molecule has 64 heavy (non-hydrogen) atoms. The monoisotopic (exact) mass is 903 g/mol. The van der Waals surface area contributed by atoms with Gasteiger partial charge in [0.2, 0.25) is 0 Å². The molecule has 0 aliphatic rings. The summed E-state index contributed by atoms with van der Waals surface area (Å²) in [5.41, 5.74) is 0. The van der Waals surface area contributed by atoms with Crippen molar-refractivity contribution in [3.05, 3.63) is 12.2 Å². The zero-order valence-electron chi connectivity index (χ0n) is 43.6.